The van der Waals surface area contributed by atoms with Crippen LogP contribution >= 0.6 is 0 Å². The average molecular weight is 208 g/mol. The number of Topliss-reactive ketones (excluding diaryl/α,β-unsaturated/α-hetero) is 1. The predicted octanol–water partition coefficient (Wildman–Crippen LogP) is 0.943. The Morgan fingerprint density at radius 3 is 2.87 bits per heavy atom. The number of benzene rings is 1. The van der Waals surface area contributed by atoms with Crippen molar-refractivity contribution in [2.24, 2.45) is 5.73 Å². The minimum atomic E-state index is -0.0291. The zero-order chi connectivity index (χ0) is 11.3. The maximum absolute atomic E-state index is 11.0. The fraction of sp³-hybridized carbons (Fsp3) is 0.364. The number of methoxy groups -OCH3 is 1. The van der Waals surface area contributed by atoms with E-state index in [1.165, 1.54) is 0 Å². The second-order valence-corrected chi connectivity index (χ2v) is 3.30. The van der Waals surface area contributed by atoms with Crippen LogP contribution in [-0.2, 0) is 4.79 Å². The maximum Gasteiger partial charge on any atom is 0.165 e. The lowest BCUT2D eigenvalue weighted by Gasteiger charge is -2.10. The second kappa shape index (κ2) is 5.36. The van der Waals surface area contributed by atoms with Crippen LogP contribution in [0.5, 0.6) is 5.75 Å². The number of hydrogen-bond acceptors (Lipinski definition) is 4. The number of nitrogens with one attached hydrogen (secondary N) is 1. The molecule has 0 bridgehead atoms. The first-order chi connectivity index (χ1) is 7.17. The Morgan fingerprint density at radius 1 is 1.53 bits per heavy atom. The maximum atomic E-state index is 11.0. The molecule has 0 aromatic heterocycles. The first-order valence-corrected chi connectivity index (χ1v) is 4.77. The highest BCUT2D eigenvalue weighted by molar-refractivity contribution is 5.85. The van der Waals surface area contributed by atoms with Gasteiger partial charge in [-0.2, -0.15) is 0 Å². The lowest BCUT2D eigenvalue weighted by molar-refractivity contribution is -0.116. The number of hydrogen-bond donors (Lipinski definition) is 2. The third kappa shape index (κ3) is 3.25. The highest BCUT2D eigenvalue weighted by atomic mass is 16.5. The highest BCUT2D eigenvalue weighted by Gasteiger charge is 2.04. The number of nitrogens with two attached hydrogens (primary N) is 1. The molecule has 1 aromatic rings. The standard InChI is InChI=1S/C11H16N2O2/c1-8-3-4-11(15-2)10(5-8)13-7-9(14)6-12/h3-5,13H,6-7,12H2,1-2H3. The van der Waals surface area contributed by atoms with Gasteiger partial charge in [-0.05, 0) is 24.6 Å². The van der Waals surface area contributed by atoms with Gasteiger partial charge in [-0.1, -0.05) is 6.07 Å². The molecule has 0 spiro atoms. The van der Waals surface area contributed by atoms with Gasteiger partial charge in [0.05, 0.1) is 25.9 Å². The van der Waals surface area contributed by atoms with Crippen molar-refractivity contribution in [2.45, 2.75) is 6.92 Å². The molecule has 0 unspecified atom stereocenters. The van der Waals surface area contributed by atoms with E-state index in [-0.39, 0.29) is 18.9 Å². The Balaban J connectivity index is 2.74. The smallest absolute Gasteiger partial charge is 0.165 e. The van der Waals surface area contributed by atoms with Gasteiger partial charge in [0.25, 0.3) is 0 Å². The summed E-state index contributed by atoms with van der Waals surface area (Å²) in [5.41, 5.74) is 7.14. The van der Waals surface area contributed by atoms with Crippen LogP contribution in [0.3, 0.4) is 0 Å². The molecule has 1 aromatic carbocycles. The normalized spacial score (nSPS) is 9.80. The zero-order valence-corrected chi connectivity index (χ0v) is 9.04. The molecule has 0 aliphatic carbocycles. The lowest BCUT2D eigenvalue weighted by atomic mass is 10.2. The van der Waals surface area contributed by atoms with Crippen molar-refractivity contribution in [3.05, 3.63) is 23.8 Å². The number of ether oxygens (including phenoxy) is 1. The largest absolute Gasteiger partial charge is 0.495 e. The summed E-state index contributed by atoms with van der Waals surface area (Å²) in [5.74, 6) is 0.698. The number of rotatable bonds is 5. The van der Waals surface area contributed by atoms with E-state index < -0.39 is 0 Å². The SMILES string of the molecule is COc1ccc(C)cc1NCC(=O)CN. The zero-order valence-electron chi connectivity index (χ0n) is 9.04. The molecule has 0 atom stereocenters. The summed E-state index contributed by atoms with van der Waals surface area (Å²) < 4.78 is 5.16. The Hall–Kier alpha value is -1.55. The molecule has 4 heteroatoms. The van der Waals surface area contributed by atoms with Gasteiger partial charge in [-0.15, -0.1) is 0 Å². The molecule has 0 heterocycles. The fourth-order valence-electron chi connectivity index (χ4n) is 1.23. The minimum Gasteiger partial charge on any atom is -0.495 e. The molecule has 0 saturated carbocycles. The Bertz CT molecular complexity index is 350. The monoisotopic (exact) mass is 208 g/mol. The molecule has 4 nitrogen and oxygen atoms in total. The summed E-state index contributed by atoms with van der Waals surface area (Å²) in [6.07, 6.45) is 0. The van der Waals surface area contributed by atoms with E-state index in [4.69, 9.17) is 10.5 Å². The summed E-state index contributed by atoms with van der Waals surface area (Å²) in [7, 11) is 1.60. The molecule has 0 aliphatic heterocycles. The van der Waals surface area contributed by atoms with Gasteiger partial charge < -0.3 is 15.8 Å². The third-order valence-electron chi connectivity index (χ3n) is 2.06. The summed E-state index contributed by atoms with van der Waals surface area (Å²) in [5, 5.41) is 3.00. The van der Waals surface area contributed by atoms with Gasteiger partial charge in [-0.3, -0.25) is 4.79 Å². The quantitative estimate of drug-likeness (QED) is 0.756. The summed E-state index contributed by atoms with van der Waals surface area (Å²) in [6, 6.07) is 5.75. The Morgan fingerprint density at radius 2 is 2.27 bits per heavy atom. The lowest BCUT2D eigenvalue weighted by Crippen LogP contribution is -2.22. The van der Waals surface area contributed by atoms with Crippen LogP contribution < -0.4 is 15.8 Å². The molecule has 15 heavy (non-hydrogen) atoms. The minimum absolute atomic E-state index is 0.0291. The highest BCUT2D eigenvalue weighted by Crippen LogP contribution is 2.24. The number of aryl methyl sites for hydroxylation is 1. The van der Waals surface area contributed by atoms with Gasteiger partial charge >= 0.3 is 0 Å². The molecule has 0 aliphatic rings. The van der Waals surface area contributed by atoms with Crippen LogP contribution in [-0.4, -0.2) is 26.0 Å². The molecule has 0 amide bonds. The van der Waals surface area contributed by atoms with E-state index in [0.29, 0.717) is 0 Å². The van der Waals surface area contributed by atoms with Crippen molar-refractivity contribution in [2.75, 3.05) is 25.5 Å². The molecular formula is C11H16N2O2. The first-order valence-electron chi connectivity index (χ1n) is 4.77. The van der Waals surface area contributed by atoms with E-state index in [1.807, 2.05) is 25.1 Å². The van der Waals surface area contributed by atoms with Crippen LogP contribution in [0.1, 0.15) is 5.56 Å². The van der Waals surface area contributed by atoms with Crippen LogP contribution in [0.2, 0.25) is 0 Å². The van der Waals surface area contributed by atoms with Gasteiger partial charge in [0.2, 0.25) is 0 Å². The first kappa shape index (κ1) is 11.5. The summed E-state index contributed by atoms with van der Waals surface area (Å²) in [4.78, 5) is 11.0. The molecule has 82 valence electrons. The number of carbonyl (C=O) groups excluding carboxylic acids is 1. The fourth-order valence-corrected chi connectivity index (χ4v) is 1.23. The van der Waals surface area contributed by atoms with Crippen molar-refractivity contribution < 1.29 is 9.53 Å². The van der Waals surface area contributed by atoms with Crippen molar-refractivity contribution in [1.82, 2.24) is 0 Å². The Kier molecular flexibility index (Phi) is 4.12. The topological polar surface area (TPSA) is 64.3 Å². The van der Waals surface area contributed by atoms with Gasteiger partial charge in [0.15, 0.2) is 5.78 Å². The van der Waals surface area contributed by atoms with Crippen molar-refractivity contribution in [3.63, 3.8) is 0 Å². The molecular weight excluding hydrogens is 192 g/mol. The molecule has 3 N–H and O–H groups in total. The van der Waals surface area contributed by atoms with Crippen molar-refractivity contribution in [3.8, 4) is 5.75 Å². The van der Waals surface area contributed by atoms with Crippen LogP contribution in [0.4, 0.5) is 5.69 Å². The van der Waals surface area contributed by atoms with E-state index in [1.54, 1.807) is 7.11 Å². The van der Waals surface area contributed by atoms with Crippen LogP contribution in [0, 0.1) is 6.92 Å². The van der Waals surface area contributed by atoms with Crippen molar-refractivity contribution in [1.29, 1.82) is 0 Å². The summed E-state index contributed by atoms with van der Waals surface area (Å²) in [6.45, 7) is 2.27. The van der Waals surface area contributed by atoms with E-state index >= 15 is 0 Å². The van der Waals surface area contributed by atoms with Gasteiger partial charge in [0, 0.05) is 0 Å². The number of carbonyl (C=O) groups is 1. The molecule has 0 saturated heterocycles. The predicted molar refractivity (Wildman–Crippen MR) is 60.3 cm³/mol. The summed E-state index contributed by atoms with van der Waals surface area (Å²) >= 11 is 0. The third-order valence-corrected chi connectivity index (χ3v) is 2.06. The van der Waals surface area contributed by atoms with E-state index in [9.17, 15) is 4.79 Å². The van der Waals surface area contributed by atoms with Gasteiger partial charge in [0.1, 0.15) is 5.75 Å². The number of ketones is 1. The van der Waals surface area contributed by atoms with Gasteiger partial charge in [-0.25, -0.2) is 0 Å². The van der Waals surface area contributed by atoms with E-state index in [2.05, 4.69) is 5.32 Å². The van der Waals surface area contributed by atoms with Crippen LogP contribution in [0.25, 0.3) is 0 Å². The molecule has 0 radical (unpaired) electrons. The van der Waals surface area contributed by atoms with Crippen LogP contribution in [0.15, 0.2) is 18.2 Å². The van der Waals surface area contributed by atoms with Crippen molar-refractivity contribution >= 4 is 11.5 Å². The molecule has 0 fully saturated rings. The second-order valence-electron chi connectivity index (χ2n) is 3.30. The Labute approximate surface area is 89.4 Å². The van der Waals surface area contributed by atoms with E-state index in [0.717, 1.165) is 17.0 Å². The average Bonchev–Trinajstić information content (AvgIpc) is 2.26. The molecule has 1 rings (SSSR count). The number of anilines is 1.